The van der Waals surface area contributed by atoms with Crippen molar-refractivity contribution in [2.24, 2.45) is 41.1 Å². The number of unbranched alkanes of at least 4 members (excludes halogenated alkanes) is 1. The van der Waals surface area contributed by atoms with E-state index in [2.05, 4.69) is 37.2 Å². The molecule has 76 heavy (non-hydrogen) atoms. The second-order valence-corrected chi connectivity index (χ2v) is 21.6. The third kappa shape index (κ3) is 22.2. The number of rotatable bonds is 34. The van der Waals surface area contributed by atoms with E-state index in [1.165, 1.54) is 4.90 Å². The highest BCUT2D eigenvalue weighted by Gasteiger charge is 2.42. The molecule has 22 nitrogen and oxygen atoms in total. The summed E-state index contributed by atoms with van der Waals surface area (Å²) in [7, 11) is 0. The highest BCUT2D eigenvalue weighted by Crippen LogP contribution is 2.23. The van der Waals surface area contributed by atoms with Crippen molar-refractivity contribution >= 4 is 59.2 Å². The van der Waals surface area contributed by atoms with Gasteiger partial charge in [-0.05, 0) is 93.1 Å². The average molecular weight is 1070 g/mol. The molecular weight excluding hydrogens is 981 g/mol. The van der Waals surface area contributed by atoms with Crippen molar-refractivity contribution < 1.29 is 58.2 Å². The second-order valence-electron chi connectivity index (χ2n) is 21.6. The molecule has 0 radical (unpaired) electrons. The lowest BCUT2D eigenvalue weighted by Gasteiger charge is -2.33. The molecule has 0 aliphatic carbocycles. The number of aliphatic carboxylic acids is 2. The Bertz CT molecular complexity index is 2090. The molecule has 1 aromatic rings. The van der Waals surface area contributed by atoms with Gasteiger partial charge in [0, 0.05) is 13.0 Å². The van der Waals surface area contributed by atoms with Gasteiger partial charge < -0.3 is 63.8 Å². The number of likely N-dealkylation sites (tertiary alicyclic amines) is 1. The van der Waals surface area contributed by atoms with Crippen LogP contribution in [0.4, 0.5) is 0 Å². The van der Waals surface area contributed by atoms with E-state index in [4.69, 9.17) is 11.5 Å². The van der Waals surface area contributed by atoms with E-state index >= 15 is 0 Å². The summed E-state index contributed by atoms with van der Waals surface area (Å²) < 4.78 is 0. The SMILES string of the molecule is CC[C@H](C)[C@H](NC(=O)[C@H](CC(=O)O)NC(=O)[C@@H]1CCCN1C(=O)[C@@H](NC(=O)[C@H](Cc1ccccc1)NC(=O)[C@H](CC(C)C)NC(=O)[C@@H](N)CC(C)C)[C@@H](C)CC)C(=O)N[C@@H](CCCCN)C(=O)N[C@@H](CC(C)C)C(=O)O. The summed E-state index contributed by atoms with van der Waals surface area (Å²) in [6.45, 7) is 18.6. The molecular formula is C54H90N10O12. The van der Waals surface area contributed by atoms with Gasteiger partial charge in [-0.15, -0.1) is 0 Å². The Morgan fingerprint density at radius 3 is 1.64 bits per heavy atom. The van der Waals surface area contributed by atoms with Crippen molar-refractivity contribution in [2.75, 3.05) is 13.1 Å². The number of nitrogens with one attached hydrogen (secondary N) is 7. The molecule has 1 aliphatic heterocycles. The molecule has 0 aromatic heterocycles. The molecule has 2 rings (SSSR count). The maximum atomic E-state index is 14.7. The van der Waals surface area contributed by atoms with Crippen LogP contribution in [0.5, 0.6) is 0 Å². The molecule has 1 aliphatic rings. The first-order chi connectivity index (χ1) is 35.7. The van der Waals surface area contributed by atoms with Crippen molar-refractivity contribution in [3.63, 3.8) is 0 Å². The van der Waals surface area contributed by atoms with Crippen molar-refractivity contribution in [1.29, 1.82) is 0 Å². The first-order valence-corrected chi connectivity index (χ1v) is 27.1. The third-order valence-electron chi connectivity index (χ3n) is 13.6. The number of amides is 8. The molecule has 8 amide bonds. The minimum Gasteiger partial charge on any atom is -0.481 e. The summed E-state index contributed by atoms with van der Waals surface area (Å²) in [4.78, 5) is 138. The van der Waals surface area contributed by atoms with Gasteiger partial charge in [-0.2, -0.15) is 0 Å². The molecule has 428 valence electrons. The predicted octanol–water partition coefficient (Wildman–Crippen LogP) is 1.86. The monoisotopic (exact) mass is 1070 g/mol. The van der Waals surface area contributed by atoms with E-state index in [-0.39, 0.29) is 56.4 Å². The van der Waals surface area contributed by atoms with E-state index in [1.54, 1.807) is 65.0 Å². The van der Waals surface area contributed by atoms with Gasteiger partial charge in [0.15, 0.2) is 0 Å². The summed E-state index contributed by atoms with van der Waals surface area (Å²) in [6, 6.07) is -2.13. The summed E-state index contributed by atoms with van der Waals surface area (Å²) >= 11 is 0. The van der Waals surface area contributed by atoms with Gasteiger partial charge >= 0.3 is 11.9 Å². The van der Waals surface area contributed by atoms with Crippen molar-refractivity contribution in [3.05, 3.63) is 35.9 Å². The number of carboxylic acid groups (broad SMARTS) is 2. The summed E-state index contributed by atoms with van der Waals surface area (Å²) in [5, 5.41) is 38.4. The number of nitrogens with two attached hydrogens (primary N) is 2. The van der Waals surface area contributed by atoms with E-state index < -0.39 is 132 Å². The quantitative estimate of drug-likeness (QED) is 0.0439. The molecule has 13 N–H and O–H groups in total. The number of carbonyl (C=O) groups is 10. The summed E-state index contributed by atoms with van der Waals surface area (Å²) in [6.07, 6.45) is 2.09. The van der Waals surface area contributed by atoms with Crippen LogP contribution < -0.4 is 48.7 Å². The fraction of sp³-hybridized carbons (Fsp3) is 0.704. The van der Waals surface area contributed by atoms with Crippen molar-refractivity contribution in [2.45, 2.75) is 201 Å². The minimum absolute atomic E-state index is 0.0206. The van der Waals surface area contributed by atoms with Gasteiger partial charge in [0.1, 0.15) is 48.3 Å². The molecule has 1 heterocycles. The van der Waals surface area contributed by atoms with Crippen LogP contribution in [0.2, 0.25) is 0 Å². The molecule has 0 bridgehead atoms. The van der Waals surface area contributed by atoms with Gasteiger partial charge in [-0.25, -0.2) is 4.79 Å². The Kier molecular flexibility index (Phi) is 28.7. The van der Waals surface area contributed by atoms with Crippen LogP contribution in [0.1, 0.15) is 145 Å². The maximum Gasteiger partial charge on any atom is 0.326 e. The van der Waals surface area contributed by atoms with Gasteiger partial charge in [-0.1, -0.05) is 112 Å². The number of nitrogens with zero attached hydrogens (tertiary/aromatic N) is 1. The third-order valence-corrected chi connectivity index (χ3v) is 13.6. The maximum absolute atomic E-state index is 14.7. The largest absolute Gasteiger partial charge is 0.481 e. The highest BCUT2D eigenvalue weighted by atomic mass is 16.4. The number of carboxylic acids is 2. The zero-order chi connectivity index (χ0) is 57.4. The predicted molar refractivity (Wildman–Crippen MR) is 286 cm³/mol. The Morgan fingerprint density at radius 1 is 0.592 bits per heavy atom. The van der Waals surface area contributed by atoms with Gasteiger partial charge in [0.25, 0.3) is 0 Å². The lowest BCUT2D eigenvalue weighted by atomic mass is 9.96. The molecule has 1 aromatic carbocycles. The fourth-order valence-corrected chi connectivity index (χ4v) is 8.94. The highest BCUT2D eigenvalue weighted by molar-refractivity contribution is 5.99. The van der Waals surface area contributed by atoms with Crippen LogP contribution in [0, 0.1) is 29.6 Å². The number of hydrogen-bond acceptors (Lipinski definition) is 12. The first-order valence-electron chi connectivity index (χ1n) is 27.1. The van der Waals surface area contributed by atoms with Crippen molar-refractivity contribution in [1.82, 2.24) is 42.1 Å². The standard InChI is InChI=1S/C54H90N10O12/c1-11-33(9)44(52(73)57-37(21-16-17-23-55)47(68)61-41(54(75)76)27-32(7)8)62-50(71)40(29-43(65)66)60-51(72)42-22-18-24-64(42)53(74)45(34(10)12-2)63-49(70)39(28-35-19-14-13-15-20-35)59-48(69)38(26-31(5)6)58-46(67)36(56)25-30(3)4/h13-15,19-20,30-34,36-42,44-45H,11-12,16-18,21-29,55-56H2,1-10H3,(H,57,73)(H,58,67)(H,59,69)(H,60,72)(H,61,68)(H,62,71)(H,63,70)(H,65,66)(H,75,76)/t33-,34-,36-,37-,38-,39-,40-,41-,42-,44-,45-/m0/s1. The summed E-state index contributed by atoms with van der Waals surface area (Å²) in [5.41, 5.74) is 12.5. The lowest BCUT2D eigenvalue weighted by Crippen LogP contribution is -2.61. The first kappa shape index (κ1) is 66.0. The van der Waals surface area contributed by atoms with Crippen molar-refractivity contribution in [3.8, 4) is 0 Å². The minimum atomic E-state index is -1.74. The Balaban J connectivity index is 2.43. The van der Waals surface area contributed by atoms with Gasteiger partial charge in [0.2, 0.25) is 47.3 Å². The van der Waals surface area contributed by atoms with Crippen LogP contribution >= 0.6 is 0 Å². The zero-order valence-electron chi connectivity index (χ0n) is 46.4. The number of benzene rings is 1. The Morgan fingerprint density at radius 2 is 1.09 bits per heavy atom. The Hall–Kier alpha value is -6.16. The van der Waals surface area contributed by atoms with E-state index in [1.807, 2.05) is 34.6 Å². The van der Waals surface area contributed by atoms with Crippen LogP contribution in [0.3, 0.4) is 0 Å². The zero-order valence-corrected chi connectivity index (χ0v) is 46.4. The van der Waals surface area contributed by atoms with Crippen LogP contribution in [-0.4, -0.2) is 142 Å². The lowest BCUT2D eigenvalue weighted by molar-refractivity contribution is -0.145. The molecule has 1 saturated heterocycles. The van der Waals surface area contributed by atoms with E-state index in [0.29, 0.717) is 50.6 Å². The van der Waals surface area contributed by atoms with Crippen LogP contribution in [0.25, 0.3) is 0 Å². The molecule has 0 spiro atoms. The number of hydrogen-bond donors (Lipinski definition) is 11. The number of carbonyl (C=O) groups excluding carboxylic acids is 8. The van der Waals surface area contributed by atoms with Crippen LogP contribution in [-0.2, 0) is 54.4 Å². The summed E-state index contributed by atoms with van der Waals surface area (Å²) in [5.74, 6) is -9.63. The molecule has 1 fully saturated rings. The Labute approximate surface area is 448 Å². The average Bonchev–Trinajstić information content (AvgIpc) is 3.85. The normalized spacial score (nSPS) is 17.4. The molecule has 0 saturated carbocycles. The van der Waals surface area contributed by atoms with Gasteiger partial charge in [-0.3, -0.25) is 43.2 Å². The van der Waals surface area contributed by atoms with Gasteiger partial charge in [0.05, 0.1) is 12.5 Å². The second kappa shape index (κ2) is 33.1. The van der Waals surface area contributed by atoms with E-state index in [9.17, 15) is 58.2 Å². The molecule has 11 atom stereocenters. The smallest absolute Gasteiger partial charge is 0.326 e. The van der Waals surface area contributed by atoms with Crippen LogP contribution in [0.15, 0.2) is 30.3 Å². The topological polar surface area (TPSA) is 351 Å². The molecule has 0 unspecified atom stereocenters. The fourth-order valence-electron chi connectivity index (χ4n) is 8.94. The van der Waals surface area contributed by atoms with E-state index in [0.717, 1.165) is 0 Å². The molecule has 22 heteroatoms.